The molecule has 0 aliphatic carbocycles. The minimum Gasteiger partial charge on any atom is -0.444 e. The van der Waals surface area contributed by atoms with Crippen LogP contribution in [0.25, 0.3) is 11.1 Å². The molecule has 36 heavy (non-hydrogen) atoms. The number of rotatable bonds is 2. The van der Waals surface area contributed by atoms with Crippen molar-refractivity contribution in [1.82, 2.24) is 14.8 Å². The van der Waals surface area contributed by atoms with Crippen molar-refractivity contribution in [2.24, 2.45) is 5.41 Å². The lowest BCUT2D eigenvalue weighted by molar-refractivity contribution is -0.135. The highest BCUT2D eigenvalue weighted by molar-refractivity contribution is 6.00. The van der Waals surface area contributed by atoms with E-state index in [0.717, 1.165) is 57.5 Å². The van der Waals surface area contributed by atoms with Crippen molar-refractivity contribution >= 4 is 34.7 Å². The van der Waals surface area contributed by atoms with E-state index < -0.39 is 23.3 Å². The molecule has 0 radical (unpaired) electrons. The van der Waals surface area contributed by atoms with Crippen LogP contribution in [0.2, 0.25) is 0 Å². The summed E-state index contributed by atoms with van der Waals surface area (Å²) in [4.78, 5) is 52.9. The van der Waals surface area contributed by atoms with E-state index >= 15 is 0 Å². The van der Waals surface area contributed by atoms with Crippen molar-refractivity contribution < 1.29 is 23.5 Å². The van der Waals surface area contributed by atoms with Gasteiger partial charge >= 0.3 is 11.8 Å². The van der Waals surface area contributed by atoms with Gasteiger partial charge in [0.15, 0.2) is 5.58 Å². The Bertz CT molecular complexity index is 1240. The van der Waals surface area contributed by atoms with Crippen LogP contribution in [0.4, 0.5) is 10.5 Å². The zero-order valence-corrected chi connectivity index (χ0v) is 21.2. The lowest BCUT2D eigenvalue weighted by atomic mass is 9.71. The van der Waals surface area contributed by atoms with Crippen LogP contribution in [0.1, 0.15) is 65.3 Å². The molecule has 10 heteroatoms. The number of hydrogen-bond acceptors (Lipinski definition) is 7. The number of anilines is 1. The SMILES string of the molecule is CC(C)(C)OC(=O)N1CCC2(CC1)CCN(c1ccc3c(c1)oc(=O)n3C1CCC(=O)NC1=O)CC2. The van der Waals surface area contributed by atoms with E-state index in [1.807, 2.05) is 43.9 Å². The monoisotopic (exact) mass is 498 g/mol. The Morgan fingerprint density at radius 1 is 1.06 bits per heavy atom. The van der Waals surface area contributed by atoms with E-state index in [-0.39, 0.29) is 30.3 Å². The summed E-state index contributed by atoms with van der Waals surface area (Å²) in [6.07, 6.45) is 4.27. The molecule has 1 aromatic carbocycles. The Hall–Kier alpha value is -3.30. The molecule has 0 saturated carbocycles. The summed E-state index contributed by atoms with van der Waals surface area (Å²) in [5, 5.41) is 2.30. The van der Waals surface area contributed by atoms with E-state index in [0.29, 0.717) is 11.1 Å². The summed E-state index contributed by atoms with van der Waals surface area (Å²) in [6, 6.07) is 4.90. The number of fused-ring (bicyclic) bond motifs is 1. The number of imide groups is 1. The molecule has 10 nitrogen and oxygen atoms in total. The van der Waals surface area contributed by atoms with Crippen LogP contribution in [0.5, 0.6) is 0 Å². The lowest BCUT2D eigenvalue weighted by Gasteiger charge is -2.47. The van der Waals surface area contributed by atoms with Gasteiger partial charge in [-0.25, -0.2) is 9.59 Å². The molecule has 2 aromatic rings. The Balaban J connectivity index is 1.24. The topological polar surface area (TPSA) is 114 Å². The van der Waals surface area contributed by atoms with Crippen LogP contribution in [0.3, 0.4) is 0 Å². The number of hydrogen-bond donors (Lipinski definition) is 1. The van der Waals surface area contributed by atoms with Crippen molar-refractivity contribution in [2.45, 2.75) is 70.9 Å². The van der Waals surface area contributed by atoms with Crippen LogP contribution < -0.4 is 16.0 Å². The summed E-state index contributed by atoms with van der Waals surface area (Å²) in [5.41, 5.74) is 1.73. The summed E-state index contributed by atoms with van der Waals surface area (Å²) in [6.45, 7) is 8.88. The van der Waals surface area contributed by atoms with E-state index in [9.17, 15) is 19.2 Å². The zero-order chi connectivity index (χ0) is 25.7. The molecule has 1 N–H and O–H groups in total. The van der Waals surface area contributed by atoms with E-state index in [2.05, 4.69) is 10.2 Å². The van der Waals surface area contributed by atoms with Gasteiger partial charge in [-0.2, -0.15) is 0 Å². The van der Waals surface area contributed by atoms with Crippen molar-refractivity contribution in [3.8, 4) is 0 Å². The Morgan fingerprint density at radius 2 is 1.72 bits per heavy atom. The highest BCUT2D eigenvalue weighted by Crippen LogP contribution is 2.42. The molecule has 3 amide bonds. The van der Waals surface area contributed by atoms with E-state index in [1.54, 1.807) is 0 Å². The number of nitrogens with one attached hydrogen (secondary N) is 1. The molecule has 1 aromatic heterocycles. The maximum atomic E-state index is 12.6. The second-order valence-corrected chi connectivity index (χ2v) is 11.3. The molecule has 3 aliphatic rings. The maximum Gasteiger partial charge on any atom is 0.420 e. The minimum absolute atomic E-state index is 0.193. The van der Waals surface area contributed by atoms with Gasteiger partial charge in [-0.1, -0.05) is 0 Å². The predicted molar refractivity (Wildman–Crippen MR) is 133 cm³/mol. The number of oxazole rings is 1. The third-order valence-corrected chi connectivity index (χ3v) is 7.78. The van der Waals surface area contributed by atoms with E-state index in [1.165, 1.54) is 4.57 Å². The van der Waals surface area contributed by atoms with Crippen molar-refractivity contribution in [1.29, 1.82) is 0 Å². The maximum absolute atomic E-state index is 12.6. The van der Waals surface area contributed by atoms with Crippen LogP contribution in [-0.4, -0.2) is 59.2 Å². The van der Waals surface area contributed by atoms with Gasteiger partial charge in [0.1, 0.15) is 11.6 Å². The van der Waals surface area contributed by atoms with Gasteiger partial charge in [0.2, 0.25) is 11.8 Å². The first-order valence-electron chi connectivity index (χ1n) is 12.8. The first-order chi connectivity index (χ1) is 17.0. The minimum atomic E-state index is -0.747. The first kappa shape index (κ1) is 24.4. The van der Waals surface area contributed by atoms with E-state index in [4.69, 9.17) is 9.15 Å². The molecule has 1 atom stereocenters. The Kier molecular flexibility index (Phi) is 6.08. The summed E-state index contributed by atoms with van der Waals surface area (Å²) in [7, 11) is 0. The fraction of sp³-hybridized carbons (Fsp3) is 0.615. The van der Waals surface area contributed by atoms with Gasteiger partial charge in [0.05, 0.1) is 5.52 Å². The number of nitrogens with zero attached hydrogens (tertiary/aromatic N) is 3. The summed E-state index contributed by atoms with van der Waals surface area (Å²) < 4.78 is 12.4. The van der Waals surface area contributed by atoms with Crippen molar-refractivity contribution in [3.63, 3.8) is 0 Å². The van der Waals surface area contributed by atoms with Gasteiger partial charge in [0.25, 0.3) is 0 Å². The molecular weight excluding hydrogens is 464 g/mol. The Labute approximate surface area is 209 Å². The molecule has 1 unspecified atom stereocenters. The van der Waals surface area contributed by atoms with Gasteiger partial charge in [-0.3, -0.25) is 19.5 Å². The predicted octanol–water partition coefficient (Wildman–Crippen LogP) is 3.19. The third-order valence-electron chi connectivity index (χ3n) is 7.78. The molecule has 194 valence electrons. The molecule has 3 saturated heterocycles. The van der Waals surface area contributed by atoms with Crippen LogP contribution in [0.15, 0.2) is 27.4 Å². The number of likely N-dealkylation sites (tertiary alicyclic amines) is 1. The third kappa shape index (κ3) is 4.73. The second kappa shape index (κ2) is 8.97. The molecule has 1 spiro atoms. The van der Waals surface area contributed by atoms with Crippen LogP contribution in [-0.2, 0) is 14.3 Å². The fourth-order valence-corrected chi connectivity index (χ4v) is 5.67. The number of carbonyl (C=O) groups excluding carboxylic acids is 3. The van der Waals surface area contributed by atoms with Gasteiger partial charge < -0.3 is 19.0 Å². The van der Waals surface area contributed by atoms with Crippen molar-refractivity contribution in [3.05, 3.63) is 28.7 Å². The Morgan fingerprint density at radius 3 is 2.36 bits per heavy atom. The van der Waals surface area contributed by atoms with Crippen molar-refractivity contribution in [2.75, 3.05) is 31.1 Å². The molecular formula is C26H34N4O6. The largest absolute Gasteiger partial charge is 0.444 e. The van der Waals surface area contributed by atoms with Crippen LogP contribution >= 0.6 is 0 Å². The number of ether oxygens (including phenoxy) is 1. The normalized spacial score (nSPS) is 22.7. The highest BCUT2D eigenvalue weighted by atomic mass is 16.6. The molecule has 5 rings (SSSR count). The average molecular weight is 499 g/mol. The standard InChI is InChI=1S/C26H34N4O6/c1-25(2,3)36-23(33)29-14-10-26(11-15-29)8-12-28(13-9-26)17-4-5-18-20(16-17)35-24(34)30(18)19-6-7-21(31)27-22(19)32/h4-5,16,19H,6-15H2,1-3H3,(H,27,31,32). The van der Waals surface area contributed by atoms with Crippen LogP contribution in [0, 0.1) is 5.41 Å². The number of amides is 3. The van der Waals surface area contributed by atoms with Gasteiger partial charge in [-0.15, -0.1) is 0 Å². The quantitative estimate of drug-likeness (QED) is 0.633. The lowest BCUT2D eigenvalue weighted by Crippen LogP contribution is -2.49. The average Bonchev–Trinajstić information content (AvgIpc) is 3.14. The summed E-state index contributed by atoms with van der Waals surface area (Å²) >= 11 is 0. The fourth-order valence-electron chi connectivity index (χ4n) is 5.67. The molecule has 3 fully saturated rings. The summed E-state index contributed by atoms with van der Waals surface area (Å²) in [5.74, 6) is -1.39. The van der Waals surface area contributed by atoms with Gasteiger partial charge in [0, 0.05) is 44.4 Å². The smallest absolute Gasteiger partial charge is 0.420 e. The molecule has 0 bridgehead atoms. The van der Waals surface area contributed by atoms with Gasteiger partial charge in [-0.05, 0) is 70.4 Å². The number of carbonyl (C=O) groups is 3. The number of benzene rings is 1. The number of aromatic nitrogens is 1. The number of piperidine rings is 3. The molecule has 3 aliphatic heterocycles. The highest BCUT2D eigenvalue weighted by Gasteiger charge is 2.39. The zero-order valence-electron chi connectivity index (χ0n) is 21.2. The first-order valence-corrected chi connectivity index (χ1v) is 12.8. The second-order valence-electron chi connectivity index (χ2n) is 11.3. The molecule has 4 heterocycles.